The molecule has 98 valence electrons. The van der Waals surface area contributed by atoms with Crippen LogP contribution >= 0.6 is 11.3 Å². The normalized spacial score (nSPS) is 14.6. The first-order valence-corrected chi connectivity index (χ1v) is 7.22. The lowest BCUT2D eigenvalue weighted by Crippen LogP contribution is -2.18. The third-order valence-electron chi connectivity index (χ3n) is 3.26. The molecule has 0 fully saturated rings. The molecule has 4 nitrogen and oxygen atoms in total. The third-order valence-corrected chi connectivity index (χ3v) is 4.15. The number of hydrogen-bond acceptors (Lipinski definition) is 4. The molecule has 0 radical (unpaired) electrons. The molecule has 2 heterocycles. The van der Waals surface area contributed by atoms with Gasteiger partial charge in [0.15, 0.2) is 0 Å². The van der Waals surface area contributed by atoms with Crippen LogP contribution in [0.4, 0.5) is 0 Å². The van der Waals surface area contributed by atoms with Gasteiger partial charge in [-0.2, -0.15) is 5.10 Å². The zero-order valence-corrected chi connectivity index (χ0v) is 11.9. The zero-order valence-electron chi connectivity index (χ0n) is 11.1. The lowest BCUT2D eigenvalue weighted by atomic mass is 10.1. The summed E-state index contributed by atoms with van der Waals surface area (Å²) < 4.78 is 2.05. The van der Waals surface area contributed by atoms with E-state index in [9.17, 15) is 0 Å². The molecule has 0 aliphatic heterocycles. The van der Waals surface area contributed by atoms with Crippen LogP contribution in [0.3, 0.4) is 0 Å². The predicted octanol–water partition coefficient (Wildman–Crippen LogP) is 2.81. The number of hydrogen-bond donors (Lipinski definition) is 1. The Balaban J connectivity index is 2.06. The van der Waals surface area contributed by atoms with Crippen LogP contribution in [-0.4, -0.2) is 21.8 Å². The maximum Gasteiger partial charge on any atom is 0.0794 e. The molecular formula is C13H20N4S. The molecule has 2 aromatic heterocycles. The van der Waals surface area contributed by atoms with Crippen LogP contribution in [0.25, 0.3) is 0 Å². The van der Waals surface area contributed by atoms with E-state index in [0.717, 1.165) is 18.5 Å². The van der Waals surface area contributed by atoms with Gasteiger partial charge in [-0.1, -0.05) is 6.92 Å². The van der Waals surface area contributed by atoms with Crippen LogP contribution in [0.15, 0.2) is 24.0 Å². The van der Waals surface area contributed by atoms with E-state index in [1.165, 1.54) is 4.88 Å². The van der Waals surface area contributed by atoms with E-state index in [1.54, 1.807) is 11.3 Å². The van der Waals surface area contributed by atoms with Crippen molar-refractivity contribution < 1.29 is 0 Å². The summed E-state index contributed by atoms with van der Waals surface area (Å²) >= 11 is 1.68. The monoisotopic (exact) mass is 264 g/mol. The van der Waals surface area contributed by atoms with Crippen LogP contribution in [0.2, 0.25) is 0 Å². The average Bonchev–Trinajstić information content (AvgIpc) is 3.05. The summed E-state index contributed by atoms with van der Waals surface area (Å²) in [5.74, 6) is 0. The number of nitrogens with one attached hydrogen (secondary N) is 1. The van der Waals surface area contributed by atoms with Crippen LogP contribution in [0, 0.1) is 0 Å². The quantitative estimate of drug-likeness (QED) is 0.872. The fourth-order valence-electron chi connectivity index (χ4n) is 1.87. The van der Waals surface area contributed by atoms with Gasteiger partial charge in [-0.3, -0.25) is 9.67 Å². The Morgan fingerprint density at radius 3 is 2.94 bits per heavy atom. The molecule has 2 aromatic rings. The SMILES string of the molecule is CCC(C)n1ccc(CC(NC)c2cncs2)n1. The van der Waals surface area contributed by atoms with Crippen molar-refractivity contribution in [3.8, 4) is 0 Å². The van der Waals surface area contributed by atoms with Crippen molar-refractivity contribution in [1.29, 1.82) is 0 Å². The van der Waals surface area contributed by atoms with Gasteiger partial charge in [0.2, 0.25) is 0 Å². The molecule has 5 heteroatoms. The Hall–Kier alpha value is -1.20. The minimum Gasteiger partial charge on any atom is -0.312 e. The van der Waals surface area contributed by atoms with Crippen LogP contribution in [-0.2, 0) is 6.42 Å². The fourth-order valence-corrected chi connectivity index (χ4v) is 2.60. The first kappa shape index (κ1) is 13.2. The van der Waals surface area contributed by atoms with Gasteiger partial charge in [0, 0.05) is 35.8 Å². The second-order valence-electron chi connectivity index (χ2n) is 4.49. The number of thiazole rings is 1. The van der Waals surface area contributed by atoms with Crippen molar-refractivity contribution in [2.45, 2.75) is 38.8 Å². The summed E-state index contributed by atoms with van der Waals surface area (Å²) in [5.41, 5.74) is 3.00. The molecule has 0 amide bonds. The number of rotatable bonds is 6. The van der Waals surface area contributed by atoms with Gasteiger partial charge in [0.1, 0.15) is 0 Å². The topological polar surface area (TPSA) is 42.7 Å². The van der Waals surface area contributed by atoms with Crippen molar-refractivity contribution in [3.63, 3.8) is 0 Å². The standard InChI is InChI=1S/C13H20N4S/c1-4-10(2)17-6-5-11(16-17)7-12(14-3)13-8-15-9-18-13/h5-6,8-10,12,14H,4,7H2,1-3H3. The molecule has 0 saturated carbocycles. The molecule has 0 bridgehead atoms. The van der Waals surface area contributed by atoms with Crippen molar-refractivity contribution in [2.75, 3.05) is 7.05 Å². The van der Waals surface area contributed by atoms with Gasteiger partial charge in [-0.25, -0.2) is 0 Å². The summed E-state index contributed by atoms with van der Waals surface area (Å²) in [7, 11) is 1.98. The van der Waals surface area contributed by atoms with E-state index < -0.39 is 0 Å². The molecule has 18 heavy (non-hydrogen) atoms. The van der Waals surface area contributed by atoms with Gasteiger partial charge in [0.25, 0.3) is 0 Å². The molecule has 1 N–H and O–H groups in total. The van der Waals surface area contributed by atoms with E-state index in [-0.39, 0.29) is 0 Å². The van der Waals surface area contributed by atoms with Gasteiger partial charge in [-0.15, -0.1) is 11.3 Å². The van der Waals surface area contributed by atoms with Crippen LogP contribution in [0.1, 0.15) is 42.9 Å². The van der Waals surface area contributed by atoms with Crippen molar-refractivity contribution in [1.82, 2.24) is 20.1 Å². The molecule has 0 spiro atoms. The summed E-state index contributed by atoms with van der Waals surface area (Å²) in [6, 6.07) is 2.88. The smallest absolute Gasteiger partial charge is 0.0794 e. The van der Waals surface area contributed by atoms with Crippen LogP contribution in [0.5, 0.6) is 0 Å². The zero-order chi connectivity index (χ0) is 13.0. The Morgan fingerprint density at radius 1 is 1.50 bits per heavy atom. The minimum atomic E-state index is 0.304. The molecule has 0 saturated heterocycles. The molecule has 0 aliphatic carbocycles. The molecule has 2 unspecified atom stereocenters. The van der Waals surface area contributed by atoms with E-state index in [0.29, 0.717) is 12.1 Å². The lowest BCUT2D eigenvalue weighted by molar-refractivity contribution is 0.469. The van der Waals surface area contributed by atoms with E-state index in [1.807, 2.05) is 18.8 Å². The Bertz CT molecular complexity index is 463. The molecule has 0 aliphatic rings. The second kappa shape index (κ2) is 6.11. The van der Waals surface area contributed by atoms with Crippen LogP contribution < -0.4 is 5.32 Å². The maximum atomic E-state index is 4.64. The lowest BCUT2D eigenvalue weighted by Gasteiger charge is -2.12. The third kappa shape index (κ3) is 2.97. The van der Waals surface area contributed by atoms with E-state index in [4.69, 9.17) is 0 Å². The van der Waals surface area contributed by atoms with Gasteiger partial charge in [-0.05, 0) is 26.5 Å². The first-order valence-electron chi connectivity index (χ1n) is 6.34. The highest BCUT2D eigenvalue weighted by molar-refractivity contribution is 7.09. The average molecular weight is 264 g/mol. The van der Waals surface area contributed by atoms with E-state index >= 15 is 0 Å². The van der Waals surface area contributed by atoms with Crippen molar-refractivity contribution in [3.05, 3.63) is 34.5 Å². The van der Waals surface area contributed by atoms with E-state index in [2.05, 4.69) is 46.2 Å². The highest BCUT2D eigenvalue weighted by Crippen LogP contribution is 2.21. The first-order chi connectivity index (χ1) is 8.74. The Kier molecular flexibility index (Phi) is 4.49. The summed E-state index contributed by atoms with van der Waals surface area (Å²) in [4.78, 5) is 5.39. The largest absolute Gasteiger partial charge is 0.312 e. The summed E-state index contributed by atoms with van der Waals surface area (Å²) in [6.45, 7) is 4.37. The predicted molar refractivity (Wildman–Crippen MR) is 74.8 cm³/mol. The van der Waals surface area contributed by atoms with Gasteiger partial charge >= 0.3 is 0 Å². The molecule has 0 aromatic carbocycles. The molecule has 2 rings (SSSR count). The minimum absolute atomic E-state index is 0.304. The Labute approximate surface area is 112 Å². The summed E-state index contributed by atoms with van der Waals surface area (Å²) in [6.07, 6.45) is 6.01. The van der Waals surface area contributed by atoms with Crippen molar-refractivity contribution in [2.24, 2.45) is 0 Å². The molecular weight excluding hydrogens is 244 g/mol. The van der Waals surface area contributed by atoms with Gasteiger partial charge in [0.05, 0.1) is 11.2 Å². The Morgan fingerprint density at radius 2 is 2.33 bits per heavy atom. The maximum absolute atomic E-state index is 4.64. The molecule has 2 atom stereocenters. The summed E-state index contributed by atoms with van der Waals surface area (Å²) in [5, 5.41) is 7.97. The highest BCUT2D eigenvalue weighted by Gasteiger charge is 2.14. The number of nitrogens with zero attached hydrogens (tertiary/aromatic N) is 3. The highest BCUT2D eigenvalue weighted by atomic mass is 32.1. The second-order valence-corrected chi connectivity index (χ2v) is 5.41. The fraction of sp³-hybridized carbons (Fsp3) is 0.538. The number of likely N-dealkylation sites (N-methyl/N-ethyl adjacent to an activating group) is 1. The van der Waals surface area contributed by atoms with Gasteiger partial charge < -0.3 is 5.32 Å². The number of aromatic nitrogens is 3. The van der Waals surface area contributed by atoms with Crippen molar-refractivity contribution >= 4 is 11.3 Å².